The summed E-state index contributed by atoms with van der Waals surface area (Å²) in [5, 5.41) is 14.2. The van der Waals surface area contributed by atoms with Crippen LogP contribution in [0.4, 0.5) is 5.69 Å². The quantitative estimate of drug-likeness (QED) is 0.864. The van der Waals surface area contributed by atoms with Crippen LogP contribution in [0.2, 0.25) is 0 Å². The molecule has 0 saturated heterocycles. The third kappa shape index (κ3) is 2.06. The molecule has 1 amide bonds. The fourth-order valence-corrected chi connectivity index (χ4v) is 3.89. The Balaban J connectivity index is 2.13. The van der Waals surface area contributed by atoms with Crippen molar-refractivity contribution in [3.63, 3.8) is 0 Å². The number of nitrogens with one attached hydrogen (secondary N) is 1. The smallest absolute Gasteiger partial charge is 0.272 e. The standard InChI is InChI=1S/C20H20N2O5/c1-19-12-7-5-6-8-14(12)27-20(19,24)17(18(23)21-2)22-16-13(19)9-11(25-3)10-15(16)26-4/h5-10,24H,1-4H3,(H,21,23)/t19-,20+/m1/s1. The number of rotatable bonds is 3. The average molecular weight is 368 g/mol. The summed E-state index contributed by atoms with van der Waals surface area (Å²) in [6.45, 7) is 1.83. The van der Waals surface area contributed by atoms with Crippen LogP contribution in [0.25, 0.3) is 0 Å². The first-order valence-corrected chi connectivity index (χ1v) is 8.49. The van der Waals surface area contributed by atoms with Crippen molar-refractivity contribution in [2.75, 3.05) is 21.3 Å². The summed E-state index contributed by atoms with van der Waals surface area (Å²) in [5.74, 6) is -1.01. The molecule has 0 aromatic heterocycles. The number of fused-ring (bicyclic) bond motifs is 5. The minimum atomic E-state index is -1.97. The number of aliphatic hydroxyl groups is 1. The lowest BCUT2D eigenvalue weighted by Crippen LogP contribution is -2.61. The number of amides is 1. The van der Waals surface area contributed by atoms with Crippen molar-refractivity contribution in [1.29, 1.82) is 0 Å². The maximum Gasteiger partial charge on any atom is 0.272 e. The van der Waals surface area contributed by atoms with Crippen molar-refractivity contribution in [2.24, 2.45) is 4.99 Å². The van der Waals surface area contributed by atoms with Crippen LogP contribution in [0, 0.1) is 0 Å². The van der Waals surface area contributed by atoms with Gasteiger partial charge < -0.3 is 24.6 Å². The van der Waals surface area contributed by atoms with Gasteiger partial charge in [-0.2, -0.15) is 0 Å². The Bertz CT molecular complexity index is 986. The van der Waals surface area contributed by atoms with Crippen molar-refractivity contribution in [3.8, 4) is 17.2 Å². The molecule has 2 aromatic rings. The Hall–Kier alpha value is -3.06. The van der Waals surface area contributed by atoms with Gasteiger partial charge in [0.25, 0.3) is 11.7 Å². The molecular formula is C20H20N2O5. The van der Waals surface area contributed by atoms with Gasteiger partial charge in [-0.05, 0) is 19.1 Å². The van der Waals surface area contributed by atoms with E-state index in [4.69, 9.17) is 14.2 Å². The van der Waals surface area contributed by atoms with Crippen LogP contribution in [0.5, 0.6) is 17.2 Å². The molecule has 2 atom stereocenters. The van der Waals surface area contributed by atoms with Gasteiger partial charge in [0.1, 0.15) is 22.9 Å². The molecule has 140 valence electrons. The zero-order valence-corrected chi connectivity index (χ0v) is 15.5. The topological polar surface area (TPSA) is 89.4 Å². The molecule has 2 aromatic carbocycles. The Kier molecular flexibility index (Phi) is 3.68. The third-order valence-corrected chi connectivity index (χ3v) is 5.39. The van der Waals surface area contributed by atoms with E-state index in [9.17, 15) is 9.90 Å². The van der Waals surface area contributed by atoms with E-state index >= 15 is 0 Å². The molecule has 0 aliphatic carbocycles. The number of aliphatic imine (C=N–C) groups is 1. The summed E-state index contributed by atoms with van der Waals surface area (Å²) >= 11 is 0. The maximum absolute atomic E-state index is 12.6. The van der Waals surface area contributed by atoms with Crippen LogP contribution in [0.3, 0.4) is 0 Å². The monoisotopic (exact) mass is 368 g/mol. The zero-order chi connectivity index (χ0) is 19.4. The van der Waals surface area contributed by atoms with Crippen LogP contribution in [-0.4, -0.2) is 43.8 Å². The molecule has 2 aliphatic heterocycles. The number of nitrogens with zero attached hydrogens (tertiary/aromatic N) is 1. The van der Waals surface area contributed by atoms with Crippen molar-refractivity contribution < 1.29 is 24.1 Å². The predicted octanol–water partition coefficient (Wildman–Crippen LogP) is 1.92. The summed E-state index contributed by atoms with van der Waals surface area (Å²) in [7, 11) is 4.55. The number of benzene rings is 2. The van der Waals surface area contributed by atoms with E-state index in [1.54, 1.807) is 25.3 Å². The van der Waals surface area contributed by atoms with E-state index in [1.165, 1.54) is 14.2 Å². The molecule has 0 spiro atoms. The largest absolute Gasteiger partial charge is 0.497 e. The first kappa shape index (κ1) is 17.4. The summed E-state index contributed by atoms with van der Waals surface area (Å²) in [6.07, 6.45) is 0. The van der Waals surface area contributed by atoms with E-state index < -0.39 is 17.1 Å². The second kappa shape index (κ2) is 5.72. The van der Waals surface area contributed by atoms with Crippen molar-refractivity contribution in [1.82, 2.24) is 5.32 Å². The van der Waals surface area contributed by atoms with Gasteiger partial charge in [0.2, 0.25) is 0 Å². The third-order valence-electron chi connectivity index (χ3n) is 5.39. The Labute approximate surface area is 156 Å². The van der Waals surface area contributed by atoms with E-state index in [1.807, 2.05) is 25.1 Å². The molecule has 4 rings (SSSR count). The maximum atomic E-state index is 12.6. The van der Waals surface area contributed by atoms with E-state index in [0.717, 1.165) is 5.56 Å². The van der Waals surface area contributed by atoms with Crippen LogP contribution in [-0.2, 0) is 10.2 Å². The lowest BCUT2D eigenvalue weighted by Gasteiger charge is -2.42. The zero-order valence-electron chi connectivity index (χ0n) is 15.5. The molecular weight excluding hydrogens is 348 g/mol. The summed E-state index contributed by atoms with van der Waals surface area (Å²) < 4.78 is 16.8. The molecule has 0 saturated carbocycles. The molecule has 0 fully saturated rings. The van der Waals surface area contributed by atoms with Crippen molar-refractivity contribution in [2.45, 2.75) is 18.1 Å². The highest BCUT2D eigenvalue weighted by atomic mass is 16.6. The fraction of sp³-hybridized carbons (Fsp3) is 0.300. The minimum Gasteiger partial charge on any atom is -0.497 e. The highest BCUT2D eigenvalue weighted by Gasteiger charge is 2.65. The number of hydrogen-bond acceptors (Lipinski definition) is 6. The van der Waals surface area contributed by atoms with Gasteiger partial charge in [0.05, 0.1) is 19.6 Å². The van der Waals surface area contributed by atoms with Gasteiger partial charge >= 0.3 is 0 Å². The second-order valence-electron chi connectivity index (χ2n) is 6.63. The summed E-state index contributed by atoms with van der Waals surface area (Å²) in [4.78, 5) is 17.0. The lowest BCUT2D eigenvalue weighted by atomic mass is 9.67. The molecule has 2 aliphatic rings. The predicted molar refractivity (Wildman–Crippen MR) is 99.2 cm³/mol. The summed E-state index contributed by atoms with van der Waals surface area (Å²) in [5.41, 5.74) is 0.646. The van der Waals surface area contributed by atoms with E-state index in [0.29, 0.717) is 28.5 Å². The Morgan fingerprint density at radius 1 is 1.19 bits per heavy atom. The molecule has 0 unspecified atom stereocenters. The van der Waals surface area contributed by atoms with E-state index in [-0.39, 0.29) is 5.71 Å². The molecule has 7 nitrogen and oxygen atoms in total. The van der Waals surface area contributed by atoms with Crippen molar-refractivity contribution in [3.05, 3.63) is 47.5 Å². The van der Waals surface area contributed by atoms with Crippen molar-refractivity contribution >= 4 is 17.3 Å². The number of ether oxygens (including phenoxy) is 3. The molecule has 27 heavy (non-hydrogen) atoms. The molecule has 7 heteroatoms. The minimum absolute atomic E-state index is 0.125. The average Bonchev–Trinajstić information content (AvgIpc) is 2.94. The number of methoxy groups -OCH3 is 2. The molecule has 0 bridgehead atoms. The van der Waals surface area contributed by atoms with E-state index in [2.05, 4.69) is 10.3 Å². The van der Waals surface area contributed by atoms with Gasteiger partial charge in [-0.3, -0.25) is 4.79 Å². The number of carbonyl (C=O) groups excluding carboxylic acids is 1. The Morgan fingerprint density at radius 2 is 1.93 bits per heavy atom. The second-order valence-corrected chi connectivity index (χ2v) is 6.63. The fourth-order valence-electron chi connectivity index (χ4n) is 3.89. The number of hydrogen-bond donors (Lipinski definition) is 2. The highest BCUT2D eigenvalue weighted by molar-refractivity contribution is 6.43. The molecule has 2 N–H and O–H groups in total. The normalized spacial score (nSPS) is 24.7. The first-order chi connectivity index (χ1) is 12.9. The molecule has 2 heterocycles. The van der Waals surface area contributed by atoms with Crippen LogP contribution >= 0.6 is 0 Å². The lowest BCUT2D eigenvalue weighted by molar-refractivity contribution is -0.124. The van der Waals surface area contributed by atoms with Crippen LogP contribution in [0.1, 0.15) is 18.1 Å². The highest BCUT2D eigenvalue weighted by Crippen LogP contribution is 2.59. The van der Waals surface area contributed by atoms with Gasteiger partial charge in [-0.1, -0.05) is 18.2 Å². The van der Waals surface area contributed by atoms with Gasteiger partial charge in [-0.25, -0.2) is 4.99 Å². The number of para-hydroxylation sites is 1. The SMILES string of the molecule is CNC(=O)C1=Nc2c(OC)cc(OC)cc2[C@@]2(C)c3ccccc3O[C@@]12O. The van der Waals surface area contributed by atoms with Gasteiger partial charge in [0.15, 0.2) is 5.71 Å². The number of carbonyl (C=O) groups is 1. The molecule has 0 radical (unpaired) electrons. The first-order valence-electron chi connectivity index (χ1n) is 8.49. The summed E-state index contributed by atoms with van der Waals surface area (Å²) in [6, 6.07) is 10.8. The van der Waals surface area contributed by atoms with Crippen LogP contribution < -0.4 is 19.5 Å². The Morgan fingerprint density at radius 3 is 2.59 bits per heavy atom. The van der Waals surface area contributed by atoms with Gasteiger partial charge in [-0.15, -0.1) is 0 Å². The van der Waals surface area contributed by atoms with Crippen LogP contribution in [0.15, 0.2) is 41.4 Å². The van der Waals surface area contributed by atoms with Gasteiger partial charge in [0, 0.05) is 24.2 Å².